The van der Waals surface area contributed by atoms with Crippen molar-refractivity contribution >= 4 is 5.97 Å². The summed E-state index contributed by atoms with van der Waals surface area (Å²) in [6.45, 7) is 11.9. The molecule has 0 aromatic carbocycles. The van der Waals surface area contributed by atoms with Crippen LogP contribution < -0.4 is 5.32 Å². The molecule has 1 N–H and O–H groups in total. The average molecular weight is 241 g/mol. The molecule has 0 spiro atoms. The second-order valence-corrected chi connectivity index (χ2v) is 5.99. The molecule has 0 amide bonds. The summed E-state index contributed by atoms with van der Waals surface area (Å²) >= 11 is 0. The molecule has 0 saturated heterocycles. The number of rotatable bonds is 4. The first-order valence-electron chi connectivity index (χ1n) is 6.80. The Kier molecular flexibility index (Phi) is 4.59. The van der Waals surface area contributed by atoms with Crippen molar-refractivity contribution in [2.24, 2.45) is 11.3 Å². The molecule has 0 bridgehead atoms. The fraction of sp³-hybridized carbons (Fsp3) is 0.929. The molecule has 3 heteroatoms. The zero-order valence-corrected chi connectivity index (χ0v) is 11.9. The van der Waals surface area contributed by atoms with Crippen LogP contribution in [-0.2, 0) is 9.53 Å². The number of nitrogens with one attached hydrogen (secondary N) is 1. The predicted molar refractivity (Wildman–Crippen MR) is 69.8 cm³/mol. The van der Waals surface area contributed by atoms with Crippen LogP contribution in [0.3, 0.4) is 0 Å². The number of esters is 1. The Morgan fingerprint density at radius 2 is 2.00 bits per heavy atom. The number of hydrogen-bond donors (Lipinski definition) is 1. The van der Waals surface area contributed by atoms with Gasteiger partial charge >= 0.3 is 5.97 Å². The summed E-state index contributed by atoms with van der Waals surface area (Å²) in [5.74, 6) is 0.259. The molecule has 0 heterocycles. The number of carbonyl (C=O) groups is 1. The third kappa shape index (κ3) is 3.01. The van der Waals surface area contributed by atoms with Gasteiger partial charge in [-0.15, -0.1) is 0 Å². The molecule has 3 nitrogen and oxygen atoms in total. The van der Waals surface area contributed by atoms with Crippen LogP contribution in [0.2, 0.25) is 0 Å². The van der Waals surface area contributed by atoms with Crippen molar-refractivity contribution in [2.45, 2.75) is 59.4 Å². The maximum atomic E-state index is 12.2. The smallest absolute Gasteiger partial charge is 0.326 e. The standard InChI is InChI=1S/C14H27NO2/c1-6-15-14(12(16)17-7-2)9-8-13(4,5)10-11(14)3/h11,15H,6-10H2,1-5H3. The minimum atomic E-state index is -0.458. The Morgan fingerprint density at radius 1 is 1.35 bits per heavy atom. The predicted octanol–water partition coefficient (Wildman–Crippen LogP) is 2.74. The molecule has 0 aliphatic heterocycles. The Labute approximate surface area is 105 Å². The van der Waals surface area contributed by atoms with Gasteiger partial charge < -0.3 is 10.1 Å². The number of likely N-dealkylation sites (N-methyl/N-ethyl adjacent to an activating group) is 1. The van der Waals surface area contributed by atoms with E-state index in [1.165, 1.54) is 0 Å². The van der Waals surface area contributed by atoms with Gasteiger partial charge in [-0.2, -0.15) is 0 Å². The lowest BCUT2D eigenvalue weighted by Crippen LogP contribution is -2.60. The molecular formula is C14H27NO2. The number of carbonyl (C=O) groups excluding carboxylic acids is 1. The molecule has 0 aromatic heterocycles. The van der Waals surface area contributed by atoms with E-state index in [0.717, 1.165) is 25.8 Å². The maximum Gasteiger partial charge on any atom is 0.326 e. The van der Waals surface area contributed by atoms with E-state index in [1.807, 2.05) is 13.8 Å². The fourth-order valence-electron chi connectivity index (χ4n) is 3.10. The molecule has 1 saturated carbocycles. The summed E-state index contributed by atoms with van der Waals surface area (Å²) in [6.07, 6.45) is 3.02. The lowest BCUT2D eigenvalue weighted by molar-refractivity contribution is -0.157. The van der Waals surface area contributed by atoms with E-state index < -0.39 is 5.54 Å². The third-order valence-corrected chi connectivity index (χ3v) is 4.03. The first-order chi connectivity index (χ1) is 7.88. The van der Waals surface area contributed by atoms with E-state index in [0.29, 0.717) is 17.9 Å². The van der Waals surface area contributed by atoms with Gasteiger partial charge in [-0.1, -0.05) is 27.7 Å². The van der Waals surface area contributed by atoms with Gasteiger partial charge in [-0.05, 0) is 44.1 Å². The largest absolute Gasteiger partial charge is 0.465 e. The molecule has 0 aromatic rings. The van der Waals surface area contributed by atoms with Gasteiger partial charge in [0.25, 0.3) is 0 Å². The molecule has 2 unspecified atom stereocenters. The summed E-state index contributed by atoms with van der Waals surface area (Å²) in [4.78, 5) is 12.2. The molecule has 1 aliphatic carbocycles. The summed E-state index contributed by atoms with van der Waals surface area (Å²) in [7, 11) is 0. The van der Waals surface area contributed by atoms with Crippen LogP contribution in [0, 0.1) is 11.3 Å². The molecule has 1 aliphatic rings. The second-order valence-electron chi connectivity index (χ2n) is 5.99. The minimum Gasteiger partial charge on any atom is -0.465 e. The van der Waals surface area contributed by atoms with Crippen LogP contribution in [0.25, 0.3) is 0 Å². The monoisotopic (exact) mass is 241 g/mol. The van der Waals surface area contributed by atoms with Crippen molar-refractivity contribution in [2.75, 3.05) is 13.2 Å². The summed E-state index contributed by atoms with van der Waals surface area (Å²) in [5, 5.41) is 3.40. The lowest BCUT2D eigenvalue weighted by Gasteiger charge is -2.46. The molecule has 0 radical (unpaired) electrons. The highest BCUT2D eigenvalue weighted by atomic mass is 16.5. The van der Waals surface area contributed by atoms with Crippen molar-refractivity contribution in [1.29, 1.82) is 0 Å². The third-order valence-electron chi connectivity index (χ3n) is 4.03. The van der Waals surface area contributed by atoms with Gasteiger partial charge in [-0.25, -0.2) is 0 Å². The average Bonchev–Trinajstić information content (AvgIpc) is 2.22. The summed E-state index contributed by atoms with van der Waals surface area (Å²) in [5.41, 5.74) is -0.120. The number of hydrogen-bond acceptors (Lipinski definition) is 3. The highest BCUT2D eigenvalue weighted by molar-refractivity contribution is 5.81. The van der Waals surface area contributed by atoms with E-state index in [-0.39, 0.29) is 5.97 Å². The van der Waals surface area contributed by atoms with Gasteiger partial charge in [0.2, 0.25) is 0 Å². The molecular weight excluding hydrogens is 214 g/mol. The van der Waals surface area contributed by atoms with E-state index in [2.05, 4.69) is 26.1 Å². The summed E-state index contributed by atoms with van der Waals surface area (Å²) in [6, 6.07) is 0. The van der Waals surface area contributed by atoms with Crippen molar-refractivity contribution in [3.63, 3.8) is 0 Å². The van der Waals surface area contributed by atoms with Crippen molar-refractivity contribution in [3.05, 3.63) is 0 Å². The van der Waals surface area contributed by atoms with Crippen LogP contribution in [0.4, 0.5) is 0 Å². The van der Waals surface area contributed by atoms with E-state index in [1.54, 1.807) is 0 Å². The fourth-order valence-corrected chi connectivity index (χ4v) is 3.10. The topological polar surface area (TPSA) is 38.3 Å². The zero-order valence-electron chi connectivity index (χ0n) is 11.9. The zero-order chi connectivity index (χ0) is 13.1. The maximum absolute atomic E-state index is 12.2. The Balaban J connectivity index is 2.89. The normalized spacial score (nSPS) is 32.2. The molecule has 1 fully saturated rings. The number of ether oxygens (including phenoxy) is 1. The SMILES string of the molecule is CCNC1(C(=O)OCC)CCC(C)(C)CC1C. The quantitative estimate of drug-likeness (QED) is 0.769. The minimum absolute atomic E-state index is 0.0650. The van der Waals surface area contributed by atoms with Crippen LogP contribution in [-0.4, -0.2) is 24.7 Å². The lowest BCUT2D eigenvalue weighted by atomic mass is 9.63. The van der Waals surface area contributed by atoms with Gasteiger partial charge in [-0.3, -0.25) is 4.79 Å². The van der Waals surface area contributed by atoms with Crippen molar-refractivity contribution in [1.82, 2.24) is 5.32 Å². The van der Waals surface area contributed by atoms with Crippen molar-refractivity contribution < 1.29 is 9.53 Å². The summed E-state index contributed by atoms with van der Waals surface area (Å²) < 4.78 is 5.27. The van der Waals surface area contributed by atoms with Gasteiger partial charge in [0.15, 0.2) is 0 Å². The molecule has 1 rings (SSSR count). The van der Waals surface area contributed by atoms with Crippen molar-refractivity contribution in [3.8, 4) is 0 Å². The van der Waals surface area contributed by atoms with Gasteiger partial charge in [0, 0.05) is 0 Å². The van der Waals surface area contributed by atoms with Crippen LogP contribution >= 0.6 is 0 Å². The Bertz CT molecular complexity index is 275. The molecule has 17 heavy (non-hydrogen) atoms. The van der Waals surface area contributed by atoms with Crippen LogP contribution in [0.5, 0.6) is 0 Å². The van der Waals surface area contributed by atoms with Gasteiger partial charge in [0.05, 0.1) is 6.61 Å². The highest BCUT2D eigenvalue weighted by Crippen LogP contribution is 2.44. The van der Waals surface area contributed by atoms with Crippen LogP contribution in [0.1, 0.15) is 53.9 Å². The highest BCUT2D eigenvalue weighted by Gasteiger charge is 2.49. The Hall–Kier alpha value is -0.570. The van der Waals surface area contributed by atoms with Gasteiger partial charge in [0.1, 0.15) is 5.54 Å². The van der Waals surface area contributed by atoms with Crippen LogP contribution in [0.15, 0.2) is 0 Å². The second kappa shape index (κ2) is 5.38. The van der Waals surface area contributed by atoms with E-state index >= 15 is 0 Å². The van der Waals surface area contributed by atoms with E-state index in [4.69, 9.17) is 4.74 Å². The van der Waals surface area contributed by atoms with E-state index in [9.17, 15) is 4.79 Å². The first kappa shape index (κ1) is 14.5. The Morgan fingerprint density at radius 3 is 2.47 bits per heavy atom. The molecule has 100 valence electrons. The molecule has 2 atom stereocenters. The first-order valence-corrected chi connectivity index (χ1v) is 6.80.